The standard InChI is InChI=1S/C16H15N7O2S/c17-16(18)8-1-3-10-12(5-8)22-14(20-10)7-15-21-11-4-2-9(26(19,24)25)6-13(11)23-15/h1-6H,7H2,(H3,17,18)(H,20,22)(H,21,23)(H2,19,24,25). The second-order valence-electron chi connectivity index (χ2n) is 5.91. The van der Waals surface area contributed by atoms with Crippen LogP contribution in [-0.4, -0.2) is 34.2 Å². The number of hydrogen-bond donors (Lipinski definition) is 5. The maximum atomic E-state index is 11.4. The van der Waals surface area contributed by atoms with Crippen LogP contribution in [0.4, 0.5) is 0 Å². The number of nitrogens with two attached hydrogens (primary N) is 2. The number of imidazole rings is 2. The largest absolute Gasteiger partial charge is 0.384 e. The van der Waals surface area contributed by atoms with Crippen molar-refractivity contribution in [2.24, 2.45) is 10.9 Å². The third kappa shape index (κ3) is 2.91. The molecule has 0 saturated carbocycles. The Morgan fingerprint density at radius 1 is 1.00 bits per heavy atom. The summed E-state index contributed by atoms with van der Waals surface area (Å²) < 4.78 is 22.9. The highest BCUT2D eigenvalue weighted by atomic mass is 32.2. The number of sulfonamides is 1. The highest BCUT2D eigenvalue weighted by Gasteiger charge is 2.12. The molecule has 2 aromatic heterocycles. The molecule has 0 atom stereocenters. The number of amidine groups is 1. The summed E-state index contributed by atoms with van der Waals surface area (Å²) in [6.07, 6.45) is 0.406. The average molecular weight is 369 g/mol. The van der Waals surface area contributed by atoms with Crippen LogP contribution in [0.5, 0.6) is 0 Å². The first kappa shape index (κ1) is 16.2. The zero-order valence-electron chi connectivity index (χ0n) is 13.4. The van der Waals surface area contributed by atoms with E-state index in [0.717, 1.165) is 5.52 Å². The van der Waals surface area contributed by atoms with Gasteiger partial charge in [0.25, 0.3) is 0 Å². The van der Waals surface area contributed by atoms with Crippen LogP contribution in [-0.2, 0) is 16.4 Å². The molecule has 0 aliphatic rings. The van der Waals surface area contributed by atoms with Gasteiger partial charge in [-0.15, -0.1) is 0 Å². The molecule has 0 spiro atoms. The number of nitrogens with zero attached hydrogens (tertiary/aromatic N) is 2. The summed E-state index contributed by atoms with van der Waals surface area (Å²) in [5, 5.41) is 12.6. The zero-order valence-corrected chi connectivity index (χ0v) is 14.3. The Balaban J connectivity index is 1.68. The van der Waals surface area contributed by atoms with E-state index in [9.17, 15) is 8.42 Å². The molecule has 9 nitrogen and oxygen atoms in total. The molecule has 0 aliphatic carbocycles. The molecule has 4 aromatic rings. The molecule has 132 valence electrons. The summed E-state index contributed by atoms with van der Waals surface area (Å²) in [5.74, 6) is 1.31. The van der Waals surface area contributed by atoms with E-state index in [1.165, 1.54) is 12.1 Å². The third-order valence-corrected chi connectivity index (χ3v) is 4.92. The number of hydrogen-bond acceptors (Lipinski definition) is 5. The molecule has 0 bridgehead atoms. The number of primary sulfonamides is 1. The first-order chi connectivity index (χ1) is 12.3. The van der Waals surface area contributed by atoms with Gasteiger partial charge in [0, 0.05) is 5.56 Å². The predicted molar refractivity (Wildman–Crippen MR) is 97.4 cm³/mol. The molecule has 26 heavy (non-hydrogen) atoms. The van der Waals surface area contributed by atoms with Gasteiger partial charge in [0.1, 0.15) is 17.5 Å². The first-order valence-electron chi connectivity index (χ1n) is 7.64. The quantitative estimate of drug-likeness (QED) is 0.266. The van der Waals surface area contributed by atoms with Gasteiger partial charge in [0.15, 0.2) is 0 Å². The monoisotopic (exact) mass is 369 g/mol. The van der Waals surface area contributed by atoms with Gasteiger partial charge in [-0.1, -0.05) is 0 Å². The molecule has 10 heteroatoms. The first-order valence-corrected chi connectivity index (χ1v) is 9.19. The minimum atomic E-state index is -3.77. The van der Waals surface area contributed by atoms with Crippen molar-refractivity contribution in [3.63, 3.8) is 0 Å². The fraction of sp³-hybridized carbons (Fsp3) is 0.0625. The molecule has 7 N–H and O–H groups in total. The Hall–Kier alpha value is -3.24. The van der Waals surface area contributed by atoms with Gasteiger partial charge in [0.05, 0.1) is 33.4 Å². The molecule has 0 unspecified atom stereocenters. The topological polar surface area (TPSA) is 167 Å². The Morgan fingerprint density at radius 2 is 1.58 bits per heavy atom. The lowest BCUT2D eigenvalue weighted by molar-refractivity contribution is 0.598. The molecule has 2 heterocycles. The Morgan fingerprint density at radius 3 is 2.15 bits per heavy atom. The van der Waals surface area contributed by atoms with Crippen LogP contribution in [0.2, 0.25) is 0 Å². The van der Waals surface area contributed by atoms with Crippen LogP contribution in [0.15, 0.2) is 41.3 Å². The summed E-state index contributed by atoms with van der Waals surface area (Å²) in [7, 11) is -3.77. The number of rotatable bonds is 4. The molecule has 0 fully saturated rings. The van der Waals surface area contributed by atoms with Crippen molar-refractivity contribution >= 4 is 37.9 Å². The number of fused-ring (bicyclic) bond motifs is 2. The Bertz CT molecular complexity index is 1270. The minimum absolute atomic E-state index is 0.0144. The van der Waals surface area contributed by atoms with Gasteiger partial charge in [0.2, 0.25) is 10.0 Å². The lowest BCUT2D eigenvalue weighted by Gasteiger charge is -1.96. The van der Waals surface area contributed by atoms with Crippen molar-refractivity contribution in [3.05, 3.63) is 53.6 Å². The maximum absolute atomic E-state index is 11.4. The van der Waals surface area contributed by atoms with Crippen molar-refractivity contribution in [1.82, 2.24) is 19.9 Å². The van der Waals surface area contributed by atoms with Crippen LogP contribution in [0.25, 0.3) is 22.1 Å². The van der Waals surface area contributed by atoms with Gasteiger partial charge in [-0.2, -0.15) is 0 Å². The van der Waals surface area contributed by atoms with E-state index >= 15 is 0 Å². The highest BCUT2D eigenvalue weighted by Crippen LogP contribution is 2.19. The number of benzene rings is 2. The second-order valence-corrected chi connectivity index (χ2v) is 7.47. The van der Waals surface area contributed by atoms with Crippen molar-refractivity contribution in [2.75, 3.05) is 0 Å². The lowest BCUT2D eigenvalue weighted by Crippen LogP contribution is -2.11. The van der Waals surface area contributed by atoms with Crippen molar-refractivity contribution < 1.29 is 8.42 Å². The normalized spacial score (nSPS) is 12.0. The molecule has 4 rings (SSSR count). The van der Waals surface area contributed by atoms with Crippen molar-refractivity contribution in [3.8, 4) is 0 Å². The summed E-state index contributed by atoms with van der Waals surface area (Å²) in [5.41, 5.74) is 8.87. The summed E-state index contributed by atoms with van der Waals surface area (Å²) in [4.78, 5) is 15.2. The molecule has 0 radical (unpaired) electrons. The van der Waals surface area contributed by atoms with Crippen molar-refractivity contribution in [1.29, 1.82) is 5.41 Å². The predicted octanol–water partition coefficient (Wildman–Crippen LogP) is 0.961. The van der Waals surface area contributed by atoms with Gasteiger partial charge in [-0.3, -0.25) is 5.41 Å². The highest BCUT2D eigenvalue weighted by molar-refractivity contribution is 7.89. The summed E-state index contributed by atoms with van der Waals surface area (Å²) in [6.45, 7) is 0. The van der Waals surface area contributed by atoms with Crippen LogP contribution in [0.1, 0.15) is 17.2 Å². The van der Waals surface area contributed by atoms with Crippen LogP contribution in [0.3, 0.4) is 0 Å². The molecule has 0 amide bonds. The zero-order chi connectivity index (χ0) is 18.5. The summed E-state index contributed by atoms with van der Waals surface area (Å²) >= 11 is 0. The van der Waals surface area contributed by atoms with E-state index < -0.39 is 10.0 Å². The van der Waals surface area contributed by atoms with Crippen molar-refractivity contribution in [2.45, 2.75) is 11.3 Å². The Labute approximate surface area is 148 Å². The number of nitrogen functional groups attached to an aromatic ring is 1. The van der Waals surface area contributed by atoms with Crippen LogP contribution >= 0.6 is 0 Å². The fourth-order valence-electron chi connectivity index (χ4n) is 2.77. The number of H-pyrrole nitrogens is 2. The fourth-order valence-corrected chi connectivity index (χ4v) is 3.30. The van der Waals surface area contributed by atoms with E-state index in [2.05, 4.69) is 19.9 Å². The van der Waals surface area contributed by atoms with E-state index in [1.54, 1.807) is 18.2 Å². The van der Waals surface area contributed by atoms with Gasteiger partial charge < -0.3 is 15.7 Å². The number of aromatic nitrogens is 4. The van der Waals surface area contributed by atoms with Gasteiger partial charge >= 0.3 is 0 Å². The molecular formula is C16H15N7O2S. The SMILES string of the molecule is N=C(N)c1ccc2[nH]c(Cc3nc4cc(S(N)(=O)=O)ccc4[nH]3)nc2c1. The molecule has 2 aromatic carbocycles. The van der Waals surface area contributed by atoms with Crippen LogP contribution in [0, 0.1) is 5.41 Å². The van der Waals surface area contributed by atoms with Crippen LogP contribution < -0.4 is 10.9 Å². The average Bonchev–Trinajstić information content (AvgIpc) is 3.14. The summed E-state index contributed by atoms with van der Waals surface area (Å²) in [6, 6.07) is 9.81. The second kappa shape index (κ2) is 5.64. The number of aromatic amines is 2. The molecule has 0 aliphatic heterocycles. The van der Waals surface area contributed by atoms with Gasteiger partial charge in [-0.05, 0) is 36.4 Å². The molecular weight excluding hydrogens is 354 g/mol. The third-order valence-electron chi connectivity index (χ3n) is 4.01. The minimum Gasteiger partial charge on any atom is -0.384 e. The Kier molecular flexibility index (Phi) is 3.53. The maximum Gasteiger partial charge on any atom is 0.238 e. The smallest absolute Gasteiger partial charge is 0.238 e. The molecule has 0 saturated heterocycles. The van der Waals surface area contributed by atoms with E-state index in [4.69, 9.17) is 16.3 Å². The van der Waals surface area contributed by atoms with Gasteiger partial charge in [-0.25, -0.2) is 23.5 Å². The number of nitrogens with one attached hydrogen (secondary N) is 3. The van der Waals surface area contributed by atoms with E-state index in [1.807, 2.05) is 6.07 Å². The lowest BCUT2D eigenvalue weighted by atomic mass is 10.2. The van der Waals surface area contributed by atoms with E-state index in [0.29, 0.717) is 40.2 Å². The van der Waals surface area contributed by atoms with E-state index in [-0.39, 0.29) is 10.7 Å².